The van der Waals surface area contributed by atoms with E-state index in [1.54, 1.807) is 17.2 Å². The normalized spacial score (nSPS) is 17.8. The molecule has 1 fully saturated rings. The number of ether oxygens (including phenoxy) is 2. The van der Waals surface area contributed by atoms with Crippen LogP contribution in [0.1, 0.15) is 52.0 Å². The van der Waals surface area contributed by atoms with Gasteiger partial charge >= 0.3 is 12.1 Å². The van der Waals surface area contributed by atoms with E-state index in [0.29, 0.717) is 26.2 Å². The molecule has 180 valence electrons. The van der Waals surface area contributed by atoms with Gasteiger partial charge in [0.05, 0.1) is 31.6 Å². The number of hydrogen-bond acceptors (Lipinski definition) is 7. The molecule has 8 nitrogen and oxygen atoms in total. The van der Waals surface area contributed by atoms with E-state index < -0.39 is 19.9 Å². The van der Waals surface area contributed by atoms with E-state index in [1.165, 1.54) is 7.11 Å². The maximum atomic E-state index is 12.7. The van der Waals surface area contributed by atoms with Crippen molar-refractivity contribution in [2.45, 2.75) is 71.3 Å². The quantitative estimate of drug-likeness (QED) is 0.473. The Bertz CT molecular complexity index is 799. The number of nitrogens with zero attached hydrogens (tertiary/aromatic N) is 3. The van der Waals surface area contributed by atoms with Crippen molar-refractivity contribution in [1.29, 1.82) is 0 Å². The Hall–Kier alpha value is -2.13. The van der Waals surface area contributed by atoms with Gasteiger partial charge in [-0.2, -0.15) is 0 Å². The van der Waals surface area contributed by atoms with Crippen LogP contribution in [0, 0.1) is 0 Å². The molecule has 0 radical (unpaired) electrons. The maximum absolute atomic E-state index is 12.7. The Morgan fingerprint density at radius 3 is 2.28 bits per heavy atom. The van der Waals surface area contributed by atoms with Crippen LogP contribution in [0.5, 0.6) is 0 Å². The van der Waals surface area contributed by atoms with Crippen molar-refractivity contribution in [2.75, 3.05) is 38.3 Å². The maximum Gasteiger partial charge on any atom is 0.410 e. The molecule has 0 N–H and O–H groups in total. The summed E-state index contributed by atoms with van der Waals surface area (Å²) in [6.45, 7) is 18.8. The Balaban J connectivity index is 2.23. The average Bonchev–Trinajstić information content (AvgIpc) is 2.69. The lowest BCUT2D eigenvalue weighted by atomic mass is 10.1. The lowest BCUT2D eigenvalue weighted by Gasteiger charge is -2.45. The molecular weight excluding hydrogens is 426 g/mol. The minimum atomic E-state index is -1.97. The van der Waals surface area contributed by atoms with Crippen molar-refractivity contribution in [3.8, 4) is 0 Å². The molecule has 1 amide bonds. The van der Waals surface area contributed by atoms with Crippen molar-refractivity contribution >= 4 is 26.1 Å². The molecule has 1 aromatic heterocycles. The molecule has 1 aliphatic heterocycles. The summed E-state index contributed by atoms with van der Waals surface area (Å²) in [5.41, 5.74) is 0.595. The first kappa shape index (κ1) is 26.1. The molecule has 0 bridgehead atoms. The standard InChI is InChI=1S/C23H39N3O5Si/c1-22(2,3)31-21(28)25-12-13-26(17-10-11-19(24-14-17)20(27)29-7)18(15-25)16-30-32(8,9)23(4,5)6/h10-11,14,18H,12-13,15-16H2,1-9H3. The predicted octanol–water partition coefficient (Wildman–Crippen LogP) is 4.32. The first-order valence-electron chi connectivity index (χ1n) is 11.1. The summed E-state index contributed by atoms with van der Waals surface area (Å²) in [5, 5.41) is 0.0844. The van der Waals surface area contributed by atoms with Gasteiger partial charge in [-0.1, -0.05) is 20.8 Å². The van der Waals surface area contributed by atoms with Gasteiger partial charge in [-0.3, -0.25) is 0 Å². The third-order valence-corrected chi connectivity index (χ3v) is 10.6. The zero-order valence-corrected chi connectivity index (χ0v) is 22.0. The molecule has 2 heterocycles. The number of methoxy groups -OCH3 is 1. The molecule has 0 saturated carbocycles. The molecule has 1 aromatic rings. The van der Waals surface area contributed by atoms with Gasteiger partial charge in [0.25, 0.3) is 0 Å². The third kappa shape index (κ3) is 6.68. The molecule has 1 saturated heterocycles. The van der Waals surface area contributed by atoms with Crippen LogP contribution in [-0.2, 0) is 13.9 Å². The fourth-order valence-corrected chi connectivity index (χ4v) is 4.17. The van der Waals surface area contributed by atoms with Gasteiger partial charge in [0.15, 0.2) is 8.32 Å². The van der Waals surface area contributed by atoms with Crippen LogP contribution >= 0.6 is 0 Å². The smallest absolute Gasteiger partial charge is 0.410 e. The van der Waals surface area contributed by atoms with Gasteiger partial charge < -0.3 is 23.7 Å². The molecule has 1 aliphatic rings. The van der Waals surface area contributed by atoms with E-state index >= 15 is 0 Å². The van der Waals surface area contributed by atoms with Crippen LogP contribution in [0.15, 0.2) is 18.3 Å². The highest BCUT2D eigenvalue weighted by Crippen LogP contribution is 2.37. The summed E-state index contributed by atoms with van der Waals surface area (Å²) in [6.07, 6.45) is 1.36. The summed E-state index contributed by atoms with van der Waals surface area (Å²) in [6, 6.07) is 3.46. The van der Waals surface area contributed by atoms with Crippen molar-refractivity contribution < 1.29 is 23.5 Å². The van der Waals surface area contributed by atoms with Gasteiger partial charge in [0.2, 0.25) is 0 Å². The van der Waals surface area contributed by atoms with Crippen molar-refractivity contribution in [1.82, 2.24) is 9.88 Å². The zero-order chi connectivity index (χ0) is 24.3. The van der Waals surface area contributed by atoms with E-state index in [9.17, 15) is 9.59 Å². The predicted molar refractivity (Wildman–Crippen MR) is 128 cm³/mol. The number of esters is 1. The topological polar surface area (TPSA) is 81.2 Å². The van der Waals surface area contributed by atoms with Crippen molar-refractivity contribution in [3.05, 3.63) is 24.0 Å². The van der Waals surface area contributed by atoms with E-state index in [0.717, 1.165) is 5.69 Å². The Morgan fingerprint density at radius 1 is 1.12 bits per heavy atom. The second kappa shape index (κ2) is 9.78. The zero-order valence-electron chi connectivity index (χ0n) is 21.0. The van der Waals surface area contributed by atoms with Gasteiger partial charge in [-0.05, 0) is 51.0 Å². The van der Waals surface area contributed by atoms with Crippen LogP contribution in [0.25, 0.3) is 0 Å². The van der Waals surface area contributed by atoms with E-state index in [1.807, 2.05) is 26.8 Å². The van der Waals surface area contributed by atoms with Crippen LogP contribution in [0.3, 0.4) is 0 Å². The number of aromatic nitrogens is 1. The van der Waals surface area contributed by atoms with Crippen LogP contribution < -0.4 is 4.90 Å². The molecular formula is C23H39N3O5Si. The highest BCUT2D eigenvalue weighted by molar-refractivity contribution is 6.74. The first-order valence-corrected chi connectivity index (χ1v) is 14.0. The molecule has 9 heteroatoms. The summed E-state index contributed by atoms with van der Waals surface area (Å²) in [5.74, 6) is -0.468. The Kier molecular flexibility index (Phi) is 7.99. The van der Waals surface area contributed by atoms with Crippen LogP contribution in [-0.4, -0.2) is 75.3 Å². The summed E-state index contributed by atoms with van der Waals surface area (Å²) in [7, 11) is -0.638. The fraction of sp³-hybridized carbons (Fsp3) is 0.696. The van der Waals surface area contributed by atoms with Crippen molar-refractivity contribution in [2.24, 2.45) is 0 Å². The van der Waals surface area contributed by atoms with Crippen molar-refractivity contribution in [3.63, 3.8) is 0 Å². The largest absolute Gasteiger partial charge is 0.464 e. The highest BCUT2D eigenvalue weighted by atomic mass is 28.4. The fourth-order valence-electron chi connectivity index (χ4n) is 3.13. The molecule has 1 atom stereocenters. The summed E-state index contributed by atoms with van der Waals surface area (Å²) in [4.78, 5) is 32.6. The van der Waals surface area contributed by atoms with Gasteiger partial charge in [-0.25, -0.2) is 14.6 Å². The molecule has 32 heavy (non-hydrogen) atoms. The Labute approximate surface area is 193 Å². The van der Waals surface area contributed by atoms with E-state index in [4.69, 9.17) is 13.9 Å². The number of amides is 1. The number of rotatable bonds is 5. The minimum absolute atomic E-state index is 0.0591. The van der Waals surface area contributed by atoms with Gasteiger partial charge in [-0.15, -0.1) is 0 Å². The molecule has 0 aliphatic carbocycles. The third-order valence-electron chi connectivity index (χ3n) is 6.05. The number of carbonyl (C=O) groups is 2. The van der Waals surface area contributed by atoms with E-state index in [-0.39, 0.29) is 22.9 Å². The number of piperazine rings is 1. The molecule has 2 rings (SSSR count). The molecule has 0 spiro atoms. The monoisotopic (exact) mass is 465 g/mol. The minimum Gasteiger partial charge on any atom is -0.464 e. The second-order valence-electron chi connectivity index (χ2n) is 10.7. The Morgan fingerprint density at radius 2 is 1.78 bits per heavy atom. The number of hydrogen-bond donors (Lipinski definition) is 0. The summed E-state index contributed by atoms with van der Waals surface area (Å²) < 4.78 is 16.9. The van der Waals surface area contributed by atoms with Gasteiger partial charge in [0, 0.05) is 19.6 Å². The molecule has 1 unspecified atom stereocenters. The van der Waals surface area contributed by atoms with E-state index in [2.05, 4.69) is 43.7 Å². The number of anilines is 1. The second-order valence-corrected chi connectivity index (χ2v) is 15.5. The highest BCUT2D eigenvalue weighted by Gasteiger charge is 2.39. The lowest BCUT2D eigenvalue weighted by molar-refractivity contribution is 0.0199. The SMILES string of the molecule is COC(=O)c1ccc(N2CCN(C(=O)OC(C)(C)C)CC2CO[Si](C)(C)C(C)(C)C)cn1. The number of carbonyl (C=O) groups excluding carboxylic acids is 2. The van der Waals surface area contributed by atoms with Gasteiger partial charge in [0.1, 0.15) is 11.3 Å². The van der Waals surface area contributed by atoms with Crippen LogP contribution in [0.4, 0.5) is 10.5 Å². The van der Waals surface area contributed by atoms with Crippen LogP contribution in [0.2, 0.25) is 18.1 Å². The number of pyridine rings is 1. The summed E-state index contributed by atoms with van der Waals surface area (Å²) >= 11 is 0. The first-order chi connectivity index (χ1) is 14.6. The average molecular weight is 466 g/mol. The lowest BCUT2D eigenvalue weighted by Crippen LogP contribution is -2.58. The molecule has 0 aromatic carbocycles.